The van der Waals surface area contributed by atoms with Crippen LogP contribution in [0.2, 0.25) is 0 Å². The molecule has 0 atom stereocenters. The van der Waals surface area contributed by atoms with E-state index in [2.05, 4.69) is 0 Å². The molecule has 0 bridgehead atoms. The summed E-state index contributed by atoms with van der Waals surface area (Å²) in [7, 11) is 0. The number of halogens is 3. The molecule has 0 heterocycles. The Morgan fingerprint density at radius 2 is 2.11 bits per heavy atom. The second kappa shape index (κ2) is 5.29. The summed E-state index contributed by atoms with van der Waals surface area (Å²) in [5.74, 6) is -1.53. The number of alkyl halides is 3. The maximum atomic E-state index is 12.3. The van der Waals surface area contributed by atoms with E-state index in [1.807, 2.05) is 0 Å². The van der Waals surface area contributed by atoms with Gasteiger partial charge in [-0.3, -0.25) is 0 Å². The van der Waals surface area contributed by atoms with Gasteiger partial charge in [0.05, 0.1) is 17.2 Å². The van der Waals surface area contributed by atoms with Gasteiger partial charge in [0.25, 0.3) is 0 Å². The van der Waals surface area contributed by atoms with Crippen molar-refractivity contribution in [3.05, 3.63) is 28.8 Å². The lowest BCUT2D eigenvalue weighted by molar-refractivity contribution is -0.0328. The number of nitrogens with zero attached hydrogens (tertiary/aromatic N) is 1. The van der Waals surface area contributed by atoms with Crippen LogP contribution in [0.25, 0.3) is 0 Å². The van der Waals surface area contributed by atoms with E-state index < -0.39 is 33.7 Å². The van der Waals surface area contributed by atoms with Crippen LogP contribution in [0.3, 0.4) is 0 Å². The van der Waals surface area contributed by atoms with Crippen LogP contribution in [0.5, 0.6) is 0 Å². The van der Waals surface area contributed by atoms with Crippen LogP contribution in [-0.4, -0.2) is 16.6 Å². The Balaban J connectivity index is 3.39. The van der Waals surface area contributed by atoms with Crippen molar-refractivity contribution < 1.29 is 23.1 Å². The zero-order valence-electron chi connectivity index (χ0n) is 8.78. The van der Waals surface area contributed by atoms with Crippen molar-refractivity contribution in [2.45, 2.75) is 16.9 Å². The largest absolute Gasteiger partial charge is 0.478 e. The number of hydrogen-bond donors (Lipinski definition) is 2. The molecule has 0 radical (unpaired) electrons. The van der Waals surface area contributed by atoms with E-state index in [1.165, 1.54) is 0 Å². The Morgan fingerprint density at radius 1 is 1.50 bits per heavy atom. The summed E-state index contributed by atoms with van der Waals surface area (Å²) in [6.45, 7) is -0.145. The number of carboxylic acids is 1. The van der Waals surface area contributed by atoms with E-state index in [1.54, 1.807) is 6.07 Å². The molecule has 3 N–H and O–H groups in total. The quantitative estimate of drug-likeness (QED) is 0.827. The van der Waals surface area contributed by atoms with Crippen LogP contribution in [0.15, 0.2) is 17.0 Å². The molecule has 96 valence electrons. The Labute approximate surface area is 104 Å². The third-order valence-corrected chi connectivity index (χ3v) is 2.79. The smallest absolute Gasteiger partial charge is 0.446 e. The van der Waals surface area contributed by atoms with Crippen LogP contribution in [0.1, 0.15) is 21.5 Å². The zero-order chi connectivity index (χ0) is 13.9. The Bertz CT molecular complexity index is 523. The minimum absolute atomic E-state index is 0.0403. The number of aromatic carboxylic acids is 1. The van der Waals surface area contributed by atoms with Gasteiger partial charge in [-0.1, -0.05) is 0 Å². The lowest BCUT2D eigenvalue weighted by Gasteiger charge is -2.11. The molecular weight excluding hydrogens is 269 g/mol. The van der Waals surface area contributed by atoms with E-state index in [-0.39, 0.29) is 17.7 Å². The summed E-state index contributed by atoms with van der Waals surface area (Å²) < 4.78 is 36.8. The summed E-state index contributed by atoms with van der Waals surface area (Å²) in [5, 5.41) is 17.6. The highest BCUT2D eigenvalue weighted by molar-refractivity contribution is 8.00. The van der Waals surface area contributed by atoms with Crippen LogP contribution in [0, 0.1) is 11.3 Å². The van der Waals surface area contributed by atoms with Crippen LogP contribution >= 0.6 is 11.8 Å². The van der Waals surface area contributed by atoms with Gasteiger partial charge in [0, 0.05) is 11.4 Å². The van der Waals surface area contributed by atoms with Gasteiger partial charge < -0.3 is 10.8 Å². The highest BCUT2D eigenvalue weighted by atomic mass is 32.2. The summed E-state index contributed by atoms with van der Waals surface area (Å²) in [6, 6.07) is 3.59. The normalized spacial score (nSPS) is 11.1. The van der Waals surface area contributed by atoms with Gasteiger partial charge in [0.15, 0.2) is 0 Å². The van der Waals surface area contributed by atoms with Crippen molar-refractivity contribution in [2.75, 3.05) is 0 Å². The van der Waals surface area contributed by atoms with Crippen molar-refractivity contribution in [1.82, 2.24) is 0 Å². The standard InChI is InChI=1S/C10H7F3N2O2S/c11-10(12,13)18-8-2-6(4-15)5(3-14)1-7(8)9(16)17/h1-2H,4,15H2,(H,16,17). The minimum atomic E-state index is -4.61. The molecule has 1 aromatic rings. The van der Waals surface area contributed by atoms with Gasteiger partial charge in [0.2, 0.25) is 0 Å². The van der Waals surface area contributed by atoms with Gasteiger partial charge in [-0.2, -0.15) is 18.4 Å². The van der Waals surface area contributed by atoms with Crippen molar-refractivity contribution in [2.24, 2.45) is 5.73 Å². The first-order valence-electron chi connectivity index (χ1n) is 4.54. The second-order valence-electron chi connectivity index (χ2n) is 3.17. The monoisotopic (exact) mass is 276 g/mol. The number of hydrogen-bond acceptors (Lipinski definition) is 4. The molecule has 0 amide bonds. The third kappa shape index (κ3) is 3.38. The summed E-state index contributed by atoms with van der Waals surface area (Å²) in [6.07, 6.45) is 0. The van der Waals surface area contributed by atoms with Crippen molar-refractivity contribution in [1.29, 1.82) is 5.26 Å². The predicted octanol–water partition coefficient (Wildman–Crippen LogP) is 2.33. The first-order valence-corrected chi connectivity index (χ1v) is 5.36. The number of carbonyl (C=O) groups is 1. The molecule has 0 aromatic heterocycles. The first kappa shape index (κ1) is 14.3. The van der Waals surface area contributed by atoms with E-state index >= 15 is 0 Å². The minimum Gasteiger partial charge on any atom is -0.478 e. The number of benzene rings is 1. The average Bonchev–Trinajstić information content (AvgIpc) is 2.25. The molecule has 0 aliphatic heterocycles. The lowest BCUT2D eigenvalue weighted by atomic mass is 10.0. The summed E-state index contributed by atoms with van der Waals surface area (Å²) in [4.78, 5) is 10.4. The highest BCUT2D eigenvalue weighted by Gasteiger charge is 2.32. The molecule has 0 spiro atoms. The Hall–Kier alpha value is -1.72. The molecule has 1 aromatic carbocycles. The second-order valence-corrected chi connectivity index (χ2v) is 4.28. The number of carboxylic acid groups (broad SMARTS) is 1. The lowest BCUT2D eigenvalue weighted by Crippen LogP contribution is -2.08. The fraction of sp³-hybridized carbons (Fsp3) is 0.200. The van der Waals surface area contributed by atoms with E-state index in [4.69, 9.17) is 16.1 Å². The number of thioether (sulfide) groups is 1. The molecule has 0 fully saturated rings. The maximum Gasteiger partial charge on any atom is 0.446 e. The molecule has 1 rings (SSSR count). The molecule has 0 unspecified atom stereocenters. The predicted molar refractivity (Wildman–Crippen MR) is 57.9 cm³/mol. The average molecular weight is 276 g/mol. The van der Waals surface area contributed by atoms with Gasteiger partial charge in [-0.05, 0) is 29.5 Å². The van der Waals surface area contributed by atoms with Crippen LogP contribution in [-0.2, 0) is 6.54 Å². The van der Waals surface area contributed by atoms with E-state index in [0.717, 1.165) is 12.1 Å². The van der Waals surface area contributed by atoms with Crippen molar-refractivity contribution >= 4 is 17.7 Å². The SMILES string of the molecule is N#Cc1cc(C(=O)O)c(SC(F)(F)F)cc1CN. The topological polar surface area (TPSA) is 87.1 Å². The van der Waals surface area contributed by atoms with Gasteiger partial charge >= 0.3 is 11.5 Å². The van der Waals surface area contributed by atoms with Gasteiger partial charge in [0.1, 0.15) is 0 Å². The number of nitriles is 1. The van der Waals surface area contributed by atoms with Crippen molar-refractivity contribution in [3.8, 4) is 6.07 Å². The number of nitrogens with two attached hydrogens (primary N) is 1. The summed E-state index contributed by atoms with van der Waals surface area (Å²) >= 11 is -0.541. The van der Waals surface area contributed by atoms with Crippen LogP contribution < -0.4 is 5.73 Å². The van der Waals surface area contributed by atoms with Gasteiger partial charge in [-0.15, -0.1) is 0 Å². The van der Waals surface area contributed by atoms with Crippen molar-refractivity contribution in [3.63, 3.8) is 0 Å². The molecule has 0 aliphatic carbocycles. The maximum absolute atomic E-state index is 12.3. The molecule has 0 saturated carbocycles. The Kier molecular flexibility index (Phi) is 4.21. The van der Waals surface area contributed by atoms with Gasteiger partial charge in [-0.25, -0.2) is 4.79 Å². The molecule has 0 saturated heterocycles. The molecule has 18 heavy (non-hydrogen) atoms. The molecule has 4 nitrogen and oxygen atoms in total. The Morgan fingerprint density at radius 3 is 2.50 bits per heavy atom. The zero-order valence-corrected chi connectivity index (χ0v) is 9.60. The molecule has 8 heteroatoms. The van der Waals surface area contributed by atoms with Crippen LogP contribution in [0.4, 0.5) is 13.2 Å². The molecular formula is C10H7F3N2O2S. The molecule has 0 aliphatic rings. The highest BCUT2D eigenvalue weighted by Crippen LogP contribution is 2.39. The van der Waals surface area contributed by atoms with E-state index in [9.17, 15) is 18.0 Å². The fourth-order valence-corrected chi connectivity index (χ4v) is 1.98. The fourth-order valence-electron chi connectivity index (χ4n) is 1.27. The first-order chi connectivity index (χ1) is 8.28. The van der Waals surface area contributed by atoms with E-state index in [0.29, 0.717) is 0 Å². The number of rotatable bonds is 3. The third-order valence-electron chi connectivity index (χ3n) is 2.00. The summed E-state index contributed by atoms with van der Waals surface area (Å²) in [5.41, 5.74) is 0.260.